The first-order valence-electron chi connectivity index (χ1n) is 7.82. The predicted molar refractivity (Wildman–Crippen MR) is 113 cm³/mol. The summed E-state index contributed by atoms with van der Waals surface area (Å²) in [6.07, 6.45) is 1.72. The van der Waals surface area contributed by atoms with Crippen LogP contribution in [0.25, 0.3) is 16.6 Å². The lowest BCUT2D eigenvalue weighted by molar-refractivity contribution is -0.115. The molecule has 1 N–H and O–H groups in total. The Bertz CT molecular complexity index is 1130. The second-order valence-electron chi connectivity index (χ2n) is 5.52. The van der Waals surface area contributed by atoms with Gasteiger partial charge in [0.15, 0.2) is 10.2 Å². The number of hydrogen-bond donors (Lipinski definition) is 1. The number of amides is 1. The van der Waals surface area contributed by atoms with Crippen molar-refractivity contribution in [2.24, 2.45) is 4.99 Å². The Labute approximate surface area is 177 Å². The summed E-state index contributed by atoms with van der Waals surface area (Å²) in [6.45, 7) is 0. The zero-order chi connectivity index (χ0) is 19.7. The highest BCUT2D eigenvalue weighted by molar-refractivity contribution is 8.18. The maximum atomic E-state index is 14.0. The van der Waals surface area contributed by atoms with E-state index in [4.69, 9.17) is 23.2 Å². The van der Waals surface area contributed by atoms with Crippen molar-refractivity contribution in [1.29, 1.82) is 0 Å². The number of aliphatic imine (C=N–C) groups is 1. The molecular weight excluding hydrogens is 442 g/mol. The van der Waals surface area contributed by atoms with Crippen molar-refractivity contribution < 1.29 is 9.18 Å². The van der Waals surface area contributed by atoms with Crippen LogP contribution in [-0.4, -0.2) is 21.3 Å². The number of rotatable bonds is 3. The highest BCUT2D eigenvalue weighted by atomic mass is 35.5. The summed E-state index contributed by atoms with van der Waals surface area (Å²) >= 11 is 14.3. The molecule has 3 aromatic rings. The Morgan fingerprint density at radius 3 is 2.75 bits per heavy atom. The first-order chi connectivity index (χ1) is 13.5. The van der Waals surface area contributed by atoms with Gasteiger partial charge in [-0.05, 0) is 47.7 Å². The molecule has 1 fully saturated rings. The lowest BCUT2D eigenvalue weighted by Gasteiger charge is -1.99. The molecule has 0 saturated carbocycles. The molecule has 1 aliphatic heterocycles. The normalized spacial score (nSPS) is 16.8. The molecule has 0 bridgehead atoms. The van der Waals surface area contributed by atoms with Crippen LogP contribution in [0.15, 0.2) is 52.4 Å². The van der Waals surface area contributed by atoms with Crippen molar-refractivity contribution in [2.75, 3.05) is 0 Å². The van der Waals surface area contributed by atoms with Gasteiger partial charge >= 0.3 is 0 Å². The summed E-state index contributed by atoms with van der Waals surface area (Å²) in [4.78, 5) is 16.9. The first kappa shape index (κ1) is 19.1. The van der Waals surface area contributed by atoms with Crippen LogP contribution in [-0.2, 0) is 4.79 Å². The lowest BCUT2D eigenvalue weighted by atomic mass is 10.2. The van der Waals surface area contributed by atoms with Crippen LogP contribution in [0.3, 0.4) is 0 Å². The molecule has 0 radical (unpaired) electrons. The van der Waals surface area contributed by atoms with E-state index in [0.717, 1.165) is 16.9 Å². The van der Waals surface area contributed by atoms with Gasteiger partial charge in [0.25, 0.3) is 5.91 Å². The topological polar surface area (TPSA) is 67.2 Å². The second kappa shape index (κ2) is 8.00. The summed E-state index contributed by atoms with van der Waals surface area (Å²) in [7, 11) is 0. The lowest BCUT2D eigenvalue weighted by Crippen LogP contribution is -2.19. The molecule has 2 aromatic carbocycles. The second-order valence-corrected chi connectivity index (χ2v) is 8.35. The fourth-order valence-corrected chi connectivity index (χ4v) is 4.55. The number of benzene rings is 2. The van der Waals surface area contributed by atoms with Gasteiger partial charge in [-0.3, -0.25) is 4.79 Å². The number of carbonyl (C=O) groups is 1. The molecule has 1 saturated heterocycles. The van der Waals surface area contributed by atoms with Crippen LogP contribution in [0, 0.1) is 5.82 Å². The number of halogens is 3. The third-order valence-electron chi connectivity index (χ3n) is 3.59. The summed E-state index contributed by atoms with van der Waals surface area (Å²) in [5, 5.41) is 12.3. The van der Waals surface area contributed by atoms with Gasteiger partial charge in [0.2, 0.25) is 5.13 Å². The van der Waals surface area contributed by atoms with Crippen LogP contribution in [0.4, 0.5) is 9.52 Å². The van der Waals surface area contributed by atoms with Gasteiger partial charge < -0.3 is 5.32 Å². The number of nitrogens with one attached hydrogen (secondary N) is 1. The number of nitrogens with zero attached hydrogens (tertiary/aromatic N) is 3. The molecule has 0 atom stereocenters. The van der Waals surface area contributed by atoms with Crippen LogP contribution < -0.4 is 5.32 Å². The van der Waals surface area contributed by atoms with E-state index in [2.05, 4.69) is 20.5 Å². The average Bonchev–Trinajstić information content (AvgIpc) is 3.22. The smallest absolute Gasteiger partial charge is 0.264 e. The van der Waals surface area contributed by atoms with Crippen LogP contribution in [0.1, 0.15) is 5.56 Å². The summed E-state index contributed by atoms with van der Waals surface area (Å²) in [5.74, 6) is -0.760. The van der Waals surface area contributed by atoms with E-state index < -0.39 is 5.82 Å². The Morgan fingerprint density at radius 2 is 1.96 bits per heavy atom. The minimum absolute atomic E-state index is 0.178. The fourth-order valence-electron chi connectivity index (χ4n) is 2.38. The van der Waals surface area contributed by atoms with Gasteiger partial charge in [-0.2, -0.15) is 4.99 Å². The van der Waals surface area contributed by atoms with Crippen LogP contribution >= 0.6 is 46.3 Å². The molecule has 1 aliphatic rings. The molecule has 5 nitrogen and oxygen atoms in total. The molecule has 0 spiro atoms. The Morgan fingerprint density at radius 1 is 1.14 bits per heavy atom. The van der Waals surface area contributed by atoms with Crippen LogP contribution in [0.2, 0.25) is 10.0 Å². The summed E-state index contributed by atoms with van der Waals surface area (Å²) in [6, 6.07) is 11.6. The molecule has 0 unspecified atom stereocenters. The average molecular weight is 451 g/mol. The fraction of sp³-hybridized carbons (Fsp3) is 0. The molecule has 0 aliphatic carbocycles. The number of aromatic nitrogens is 2. The number of thioether (sulfide) groups is 1. The number of amidine groups is 1. The SMILES string of the molecule is O=C1NC(=Nc2nnc(-c3c(F)cccc3Cl)s2)SC1=Cc1cccc(Cl)c1. The van der Waals surface area contributed by atoms with E-state index in [0.29, 0.717) is 20.1 Å². The van der Waals surface area contributed by atoms with Crippen molar-refractivity contribution in [3.8, 4) is 10.6 Å². The van der Waals surface area contributed by atoms with Gasteiger partial charge in [0, 0.05) is 5.02 Å². The highest BCUT2D eigenvalue weighted by Crippen LogP contribution is 2.36. The first-order valence-corrected chi connectivity index (χ1v) is 10.2. The molecule has 28 heavy (non-hydrogen) atoms. The van der Waals surface area contributed by atoms with E-state index in [1.807, 2.05) is 6.07 Å². The third-order valence-corrected chi connectivity index (χ3v) is 5.88. The van der Waals surface area contributed by atoms with Crippen LogP contribution in [0.5, 0.6) is 0 Å². The summed E-state index contributed by atoms with van der Waals surface area (Å²) in [5.41, 5.74) is 0.983. The zero-order valence-corrected chi connectivity index (χ0v) is 17.0. The number of hydrogen-bond acceptors (Lipinski definition) is 6. The van der Waals surface area contributed by atoms with Crippen molar-refractivity contribution in [1.82, 2.24) is 15.5 Å². The Hall–Kier alpha value is -2.26. The van der Waals surface area contributed by atoms with Crippen molar-refractivity contribution in [2.45, 2.75) is 0 Å². The summed E-state index contributed by atoms with van der Waals surface area (Å²) < 4.78 is 14.0. The van der Waals surface area contributed by atoms with E-state index >= 15 is 0 Å². The van der Waals surface area contributed by atoms with Gasteiger partial charge in [0.1, 0.15) is 5.82 Å². The molecule has 1 amide bonds. The van der Waals surface area contributed by atoms with Gasteiger partial charge in [-0.15, -0.1) is 10.2 Å². The minimum Gasteiger partial charge on any atom is -0.300 e. The van der Waals surface area contributed by atoms with Gasteiger partial charge in [-0.25, -0.2) is 4.39 Å². The quantitative estimate of drug-likeness (QED) is 0.531. The Kier molecular flexibility index (Phi) is 5.45. The predicted octanol–water partition coefficient (Wildman–Crippen LogP) is 5.54. The van der Waals surface area contributed by atoms with Crippen molar-refractivity contribution in [3.63, 3.8) is 0 Å². The standard InChI is InChI=1S/C18H9Cl2FN4OS2/c19-10-4-1-3-9(7-10)8-13-15(26)22-17(27-13)23-18-25-24-16(28-18)14-11(20)5-2-6-12(14)21/h1-8H,(H,22,23,25,26). The van der Waals surface area contributed by atoms with Crippen molar-refractivity contribution in [3.05, 3.63) is 68.8 Å². The molecule has 140 valence electrons. The zero-order valence-electron chi connectivity index (χ0n) is 13.8. The maximum Gasteiger partial charge on any atom is 0.264 e. The molecule has 1 aromatic heterocycles. The monoisotopic (exact) mass is 450 g/mol. The van der Waals surface area contributed by atoms with Gasteiger partial charge in [0.05, 0.1) is 15.5 Å². The van der Waals surface area contributed by atoms with Gasteiger partial charge in [-0.1, -0.05) is 52.7 Å². The Balaban J connectivity index is 1.58. The molecule has 4 rings (SSSR count). The highest BCUT2D eigenvalue weighted by Gasteiger charge is 2.24. The molecule has 10 heteroatoms. The number of carbonyl (C=O) groups excluding carboxylic acids is 1. The van der Waals surface area contributed by atoms with E-state index in [9.17, 15) is 9.18 Å². The third kappa shape index (κ3) is 4.10. The maximum absolute atomic E-state index is 14.0. The van der Waals surface area contributed by atoms with Crippen molar-refractivity contribution >= 4 is 68.6 Å². The minimum atomic E-state index is -0.488. The largest absolute Gasteiger partial charge is 0.300 e. The molecule has 2 heterocycles. The van der Waals surface area contributed by atoms with E-state index in [1.165, 1.54) is 23.9 Å². The van der Waals surface area contributed by atoms with E-state index in [1.54, 1.807) is 30.3 Å². The molecular formula is C18H9Cl2FN4OS2. The van der Waals surface area contributed by atoms with E-state index in [-0.39, 0.29) is 21.6 Å².